The molecule has 0 aliphatic heterocycles. The maximum absolute atomic E-state index is 12.0. The monoisotopic (exact) mass is 214 g/mol. The Hall–Kier alpha value is -0.570. The number of rotatable bonds is 6. The van der Waals surface area contributed by atoms with Gasteiger partial charge in [-0.05, 0) is 33.1 Å². The summed E-state index contributed by atoms with van der Waals surface area (Å²) in [5, 5.41) is 6.31. The number of hydrogen-bond donors (Lipinski definition) is 2. The van der Waals surface area contributed by atoms with E-state index >= 15 is 0 Å². The Bertz CT molecular complexity index is 204. The van der Waals surface area contributed by atoms with Crippen molar-refractivity contribution >= 4 is 5.91 Å². The molecule has 15 heavy (non-hydrogen) atoms. The molecule has 0 fully saturated rings. The molecule has 3 nitrogen and oxygen atoms in total. The third-order valence-electron chi connectivity index (χ3n) is 3.12. The third kappa shape index (κ3) is 3.82. The predicted octanol–water partition coefficient (Wildman–Crippen LogP) is 1.93. The zero-order valence-electron chi connectivity index (χ0n) is 11.0. The van der Waals surface area contributed by atoms with Crippen LogP contribution in [0.15, 0.2) is 0 Å². The zero-order chi connectivity index (χ0) is 12.1. The van der Waals surface area contributed by atoms with Crippen molar-refractivity contribution in [2.45, 2.75) is 59.5 Å². The van der Waals surface area contributed by atoms with Crippen molar-refractivity contribution in [1.82, 2.24) is 10.6 Å². The second-order valence-corrected chi connectivity index (χ2v) is 4.67. The normalized spacial score (nSPS) is 17.3. The molecule has 0 aromatic carbocycles. The number of hydrogen-bond acceptors (Lipinski definition) is 2. The molecule has 90 valence electrons. The van der Waals surface area contributed by atoms with Crippen molar-refractivity contribution in [2.75, 3.05) is 6.54 Å². The lowest BCUT2D eigenvalue weighted by atomic mass is 9.86. The molecule has 2 unspecified atom stereocenters. The molecule has 0 aliphatic rings. The van der Waals surface area contributed by atoms with Gasteiger partial charge < -0.3 is 10.6 Å². The largest absolute Gasteiger partial charge is 0.355 e. The van der Waals surface area contributed by atoms with E-state index in [-0.39, 0.29) is 11.8 Å². The minimum absolute atomic E-state index is 0.0975. The Morgan fingerprint density at radius 1 is 1.27 bits per heavy atom. The zero-order valence-corrected chi connectivity index (χ0v) is 11.0. The second-order valence-electron chi connectivity index (χ2n) is 4.67. The van der Waals surface area contributed by atoms with Gasteiger partial charge in [-0.1, -0.05) is 20.8 Å². The van der Waals surface area contributed by atoms with Gasteiger partial charge in [0.2, 0.25) is 5.91 Å². The average molecular weight is 214 g/mol. The van der Waals surface area contributed by atoms with Crippen molar-refractivity contribution in [3.63, 3.8) is 0 Å². The average Bonchev–Trinajstić information content (AvgIpc) is 2.17. The highest BCUT2D eigenvalue weighted by molar-refractivity contribution is 5.86. The Kier molecular flexibility index (Phi) is 5.88. The molecule has 0 saturated heterocycles. The molecule has 1 amide bonds. The fraction of sp³-hybridized carbons (Fsp3) is 0.917. The summed E-state index contributed by atoms with van der Waals surface area (Å²) < 4.78 is 0. The van der Waals surface area contributed by atoms with E-state index in [1.54, 1.807) is 0 Å². The van der Waals surface area contributed by atoms with Gasteiger partial charge >= 0.3 is 0 Å². The molecular formula is C12H26N2O. The molecule has 0 saturated carbocycles. The van der Waals surface area contributed by atoms with Gasteiger partial charge in [0.25, 0.3) is 0 Å². The molecule has 0 bridgehead atoms. The van der Waals surface area contributed by atoms with Crippen LogP contribution in [0, 0.1) is 5.92 Å². The van der Waals surface area contributed by atoms with Crippen LogP contribution in [0.25, 0.3) is 0 Å². The van der Waals surface area contributed by atoms with E-state index in [0.717, 1.165) is 6.42 Å². The van der Waals surface area contributed by atoms with Crippen LogP contribution < -0.4 is 10.6 Å². The molecule has 0 spiro atoms. The molecule has 0 aromatic rings. The highest BCUT2D eigenvalue weighted by Gasteiger charge is 2.36. The minimum Gasteiger partial charge on any atom is -0.355 e. The topological polar surface area (TPSA) is 41.1 Å². The lowest BCUT2D eigenvalue weighted by Crippen LogP contribution is -2.60. The van der Waals surface area contributed by atoms with Crippen LogP contribution in [0.1, 0.15) is 48.0 Å². The summed E-state index contributed by atoms with van der Waals surface area (Å²) in [4.78, 5) is 12.0. The Morgan fingerprint density at radius 2 is 1.80 bits per heavy atom. The van der Waals surface area contributed by atoms with Crippen LogP contribution in [-0.4, -0.2) is 24.0 Å². The lowest BCUT2D eigenvalue weighted by molar-refractivity contribution is -0.129. The summed E-state index contributed by atoms with van der Waals surface area (Å²) in [5.74, 6) is 0.373. The minimum atomic E-state index is -0.467. The SMILES string of the molecule is CCNC(=O)C(C)(NC(C)CC)C(C)C. The smallest absolute Gasteiger partial charge is 0.240 e. The van der Waals surface area contributed by atoms with Gasteiger partial charge in [0.15, 0.2) is 0 Å². The first kappa shape index (κ1) is 14.4. The van der Waals surface area contributed by atoms with Gasteiger partial charge in [0.1, 0.15) is 0 Å². The Balaban J connectivity index is 4.65. The number of carbonyl (C=O) groups excluding carboxylic acids is 1. The number of carbonyl (C=O) groups is 1. The fourth-order valence-electron chi connectivity index (χ4n) is 1.45. The van der Waals surface area contributed by atoms with Crippen molar-refractivity contribution in [3.8, 4) is 0 Å². The lowest BCUT2D eigenvalue weighted by Gasteiger charge is -2.36. The molecule has 2 N–H and O–H groups in total. The molecule has 0 rings (SSSR count). The summed E-state index contributed by atoms with van der Waals surface area (Å²) in [6.45, 7) is 13.0. The predicted molar refractivity (Wildman–Crippen MR) is 64.8 cm³/mol. The summed E-state index contributed by atoms with van der Waals surface area (Å²) in [7, 11) is 0. The highest BCUT2D eigenvalue weighted by Crippen LogP contribution is 2.18. The number of nitrogens with one attached hydrogen (secondary N) is 2. The first-order chi connectivity index (χ1) is 6.88. The first-order valence-electron chi connectivity index (χ1n) is 5.94. The summed E-state index contributed by atoms with van der Waals surface area (Å²) in [6.07, 6.45) is 1.03. The van der Waals surface area contributed by atoms with Gasteiger partial charge in [0.05, 0.1) is 5.54 Å². The third-order valence-corrected chi connectivity index (χ3v) is 3.12. The van der Waals surface area contributed by atoms with Crippen LogP contribution in [-0.2, 0) is 4.79 Å². The summed E-state index contributed by atoms with van der Waals surface area (Å²) in [5.41, 5.74) is -0.467. The van der Waals surface area contributed by atoms with Gasteiger partial charge in [-0.2, -0.15) is 0 Å². The second kappa shape index (κ2) is 6.11. The van der Waals surface area contributed by atoms with Gasteiger partial charge in [-0.25, -0.2) is 0 Å². The molecule has 0 aliphatic carbocycles. The molecular weight excluding hydrogens is 188 g/mol. The van der Waals surface area contributed by atoms with E-state index < -0.39 is 5.54 Å². The maximum Gasteiger partial charge on any atom is 0.240 e. The van der Waals surface area contributed by atoms with E-state index in [1.807, 2.05) is 13.8 Å². The molecule has 3 heteroatoms. The van der Waals surface area contributed by atoms with Gasteiger partial charge in [-0.3, -0.25) is 4.79 Å². The van der Waals surface area contributed by atoms with Crippen LogP contribution in [0.4, 0.5) is 0 Å². The van der Waals surface area contributed by atoms with E-state index in [2.05, 4.69) is 38.3 Å². The quantitative estimate of drug-likeness (QED) is 0.709. The van der Waals surface area contributed by atoms with Gasteiger partial charge in [-0.15, -0.1) is 0 Å². The van der Waals surface area contributed by atoms with E-state index in [0.29, 0.717) is 12.6 Å². The van der Waals surface area contributed by atoms with Crippen molar-refractivity contribution in [3.05, 3.63) is 0 Å². The molecule has 2 atom stereocenters. The molecule has 0 radical (unpaired) electrons. The highest BCUT2D eigenvalue weighted by atomic mass is 16.2. The van der Waals surface area contributed by atoms with Crippen molar-refractivity contribution < 1.29 is 4.79 Å². The standard InChI is InChI=1S/C12H26N2O/c1-7-10(5)14-12(6,9(3)4)11(15)13-8-2/h9-10,14H,7-8H2,1-6H3,(H,13,15). The Morgan fingerprint density at radius 3 is 2.13 bits per heavy atom. The van der Waals surface area contributed by atoms with Gasteiger partial charge in [0, 0.05) is 12.6 Å². The van der Waals surface area contributed by atoms with E-state index in [9.17, 15) is 4.79 Å². The van der Waals surface area contributed by atoms with E-state index in [1.165, 1.54) is 0 Å². The fourth-order valence-corrected chi connectivity index (χ4v) is 1.45. The van der Waals surface area contributed by atoms with Crippen molar-refractivity contribution in [1.29, 1.82) is 0 Å². The van der Waals surface area contributed by atoms with Crippen LogP contribution in [0.3, 0.4) is 0 Å². The van der Waals surface area contributed by atoms with Crippen LogP contribution in [0.5, 0.6) is 0 Å². The molecule has 0 heterocycles. The summed E-state index contributed by atoms with van der Waals surface area (Å²) >= 11 is 0. The Labute approximate surface area is 94.0 Å². The number of amides is 1. The molecule has 0 aromatic heterocycles. The van der Waals surface area contributed by atoms with E-state index in [4.69, 9.17) is 0 Å². The van der Waals surface area contributed by atoms with Crippen LogP contribution >= 0.6 is 0 Å². The summed E-state index contributed by atoms with van der Waals surface area (Å²) in [6, 6.07) is 0.361. The maximum atomic E-state index is 12.0. The van der Waals surface area contributed by atoms with Crippen molar-refractivity contribution in [2.24, 2.45) is 5.92 Å². The van der Waals surface area contributed by atoms with Crippen LogP contribution in [0.2, 0.25) is 0 Å². The first-order valence-corrected chi connectivity index (χ1v) is 5.94. The number of likely N-dealkylation sites (N-methyl/N-ethyl adjacent to an activating group) is 1.